The molecule has 0 spiro atoms. The van der Waals surface area contributed by atoms with Crippen molar-refractivity contribution >= 4 is 34.7 Å². The van der Waals surface area contributed by atoms with Crippen molar-refractivity contribution in [1.29, 1.82) is 0 Å². The smallest absolute Gasteiger partial charge is 0.0897 e. The average Bonchev–Trinajstić information content (AvgIpc) is 2.82. The highest BCUT2D eigenvalue weighted by molar-refractivity contribution is 7.99. The summed E-state index contributed by atoms with van der Waals surface area (Å²) in [6.45, 7) is 2.87. The second-order valence-corrected chi connectivity index (χ2v) is 7.25. The Hall–Kier alpha value is -0.550. The largest absolute Gasteiger partial charge is 0.304 e. The Kier molecular flexibility index (Phi) is 4.12. The molecule has 0 bridgehead atoms. The van der Waals surface area contributed by atoms with Gasteiger partial charge in [-0.3, -0.25) is 0 Å². The fourth-order valence-electron chi connectivity index (χ4n) is 2.29. The monoisotopic (exact) mass is 310 g/mol. The van der Waals surface area contributed by atoms with E-state index in [-0.39, 0.29) is 0 Å². The lowest BCUT2D eigenvalue weighted by atomic mass is 10.0. The Morgan fingerprint density at radius 1 is 1.47 bits per heavy atom. The first-order chi connectivity index (χ1) is 9.22. The molecule has 1 aliphatic heterocycles. The number of halogens is 1. The van der Waals surface area contributed by atoms with Crippen LogP contribution in [0.5, 0.6) is 0 Å². The molecule has 1 unspecified atom stereocenters. The number of benzene rings is 1. The molecule has 1 atom stereocenters. The van der Waals surface area contributed by atoms with Crippen LogP contribution >= 0.6 is 34.7 Å². The van der Waals surface area contributed by atoms with E-state index in [1.807, 2.05) is 24.8 Å². The summed E-state index contributed by atoms with van der Waals surface area (Å²) in [5, 5.41) is 7.67. The fourth-order valence-corrected chi connectivity index (χ4v) is 4.19. The molecule has 19 heavy (non-hydrogen) atoms. The molecule has 0 fully saturated rings. The summed E-state index contributed by atoms with van der Waals surface area (Å²) < 4.78 is 0. The van der Waals surface area contributed by atoms with Crippen LogP contribution < -0.4 is 5.32 Å². The Labute approximate surface area is 126 Å². The highest BCUT2D eigenvalue weighted by Gasteiger charge is 2.20. The zero-order chi connectivity index (χ0) is 13.2. The topological polar surface area (TPSA) is 24.9 Å². The second kappa shape index (κ2) is 5.83. The van der Waals surface area contributed by atoms with Crippen LogP contribution in [0.15, 0.2) is 28.5 Å². The predicted octanol–water partition coefficient (Wildman–Crippen LogP) is 4.43. The number of hydrogen-bond donors (Lipinski definition) is 1. The first kappa shape index (κ1) is 13.4. The van der Waals surface area contributed by atoms with Gasteiger partial charge in [-0.05, 0) is 42.9 Å². The molecular formula is C14H15ClN2S2. The molecule has 1 aromatic carbocycles. The van der Waals surface area contributed by atoms with Crippen LogP contribution in [0.3, 0.4) is 0 Å². The fraction of sp³-hybridized carbons (Fsp3) is 0.357. The van der Waals surface area contributed by atoms with E-state index in [4.69, 9.17) is 11.6 Å². The molecule has 1 aliphatic rings. The van der Waals surface area contributed by atoms with Gasteiger partial charge in [-0.25, -0.2) is 4.98 Å². The van der Waals surface area contributed by atoms with Gasteiger partial charge in [-0.15, -0.1) is 23.1 Å². The van der Waals surface area contributed by atoms with Gasteiger partial charge in [0, 0.05) is 27.9 Å². The third kappa shape index (κ3) is 3.14. The predicted molar refractivity (Wildman–Crippen MR) is 83.2 cm³/mol. The number of nitrogens with one attached hydrogen (secondary N) is 1. The lowest BCUT2D eigenvalue weighted by molar-refractivity contribution is 0.506. The van der Waals surface area contributed by atoms with Crippen molar-refractivity contribution in [3.05, 3.63) is 44.9 Å². The van der Waals surface area contributed by atoms with E-state index in [0.29, 0.717) is 6.04 Å². The van der Waals surface area contributed by atoms with Crippen LogP contribution in [0.25, 0.3) is 0 Å². The Morgan fingerprint density at radius 2 is 2.37 bits per heavy atom. The number of aryl methyl sites for hydroxylation is 1. The molecule has 5 heteroatoms. The normalized spacial score (nSPS) is 18.3. The quantitative estimate of drug-likeness (QED) is 0.907. The number of nitrogens with zero attached hydrogens (tertiary/aromatic N) is 1. The summed E-state index contributed by atoms with van der Waals surface area (Å²) in [7, 11) is 0. The third-order valence-corrected chi connectivity index (χ3v) is 5.39. The molecule has 1 N–H and O–H groups in total. The molecule has 0 aliphatic carbocycles. The minimum atomic E-state index is 0.386. The molecule has 1 aromatic heterocycles. The van der Waals surface area contributed by atoms with Crippen LogP contribution in [0.4, 0.5) is 0 Å². The van der Waals surface area contributed by atoms with Gasteiger partial charge in [0.25, 0.3) is 0 Å². The van der Waals surface area contributed by atoms with Gasteiger partial charge in [0.1, 0.15) is 0 Å². The summed E-state index contributed by atoms with van der Waals surface area (Å²) >= 11 is 9.73. The van der Waals surface area contributed by atoms with Gasteiger partial charge in [-0.2, -0.15) is 0 Å². The zero-order valence-corrected chi connectivity index (χ0v) is 13.0. The average molecular weight is 311 g/mol. The minimum absolute atomic E-state index is 0.386. The number of hydrogen-bond acceptors (Lipinski definition) is 4. The summed E-state index contributed by atoms with van der Waals surface area (Å²) in [5.41, 5.74) is 2.46. The molecule has 2 aromatic rings. The zero-order valence-electron chi connectivity index (χ0n) is 10.6. The van der Waals surface area contributed by atoms with E-state index >= 15 is 0 Å². The maximum atomic E-state index is 6.11. The Bertz CT molecular complexity index is 583. The lowest BCUT2D eigenvalue weighted by Gasteiger charge is -2.26. The molecule has 0 amide bonds. The van der Waals surface area contributed by atoms with Gasteiger partial charge in [0.2, 0.25) is 0 Å². The standard InChI is InChI=1S/C14H15ClN2S2/c1-9-17-11(8-19-9)7-16-13-4-5-18-14-3-2-10(15)6-12(13)14/h2-3,6,8,13,16H,4-5,7H2,1H3. The first-order valence-electron chi connectivity index (χ1n) is 6.29. The molecule has 2 heterocycles. The SMILES string of the molecule is Cc1nc(CNC2CCSc3ccc(Cl)cc32)cs1. The van der Waals surface area contributed by atoms with E-state index in [9.17, 15) is 0 Å². The van der Waals surface area contributed by atoms with Crippen molar-refractivity contribution in [2.75, 3.05) is 5.75 Å². The van der Waals surface area contributed by atoms with Crippen molar-refractivity contribution in [1.82, 2.24) is 10.3 Å². The first-order valence-corrected chi connectivity index (χ1v) is 8.53. The molecule has 0 saturated heterocycles. The Morgan fingerprint density at radius 3 is 3.16 bits per heavy atom. The van der Waals surface area contributed by atoms with Crippen molar-refractivity contribution in [3.8, 4) is 0 Å². The molecular weight excluding hydrogens is 296 g/mol. The van der Waals surface area contributed by atoms with Crippen molar-refractivity contribution < 1.29 is 0 Å². The summed E-state index contributed by atoms with van der Waals surface area (Å²) in [6, 6.07) is 6.58. The summed E-state index contributed by atoms with van der Waals surface area (Å²) in [5.74, 6) is 1.16. The summed E-state index contributed by atoms with van der Waals surface area (Å²) in [6.07, 6.45) is 1.14. The summed E-state index contributed by atoms with van der Waals surface area (Å²) in [4.78, 5) is 5.84. The number of fused-ring (bicyclic) bond motifs is 1. The van der Waals surface area contributed by atoms with Gasteiger partial charge in [-0.1, -0.05) is 11.6 Å². The molecule has 100 valence electrons. The molecule has 0 saturated carbocycles. The number of thioether (sulfide) groups is 1. The van der Waals surface area contributed by atoms with E-state index in [1.54, 1.807) is 11.3 Å². The lowest BCUT2D eigenvalue weighted by Crippen LogP contribution is -2.24. The third-order valence-electron chi connectivity index (χ3n) is 3.21. The highest BCUT2D eigenvalue weighted by Crippen LogP contribution is 2.37. The molecule has 2 nitrogen and oxygen atoms in total. The van der Waals surface area contributed by atoms with Crippen LogP contribution in [-0.2, 0) is 6.54 Å². The molecule has 3 rings (SSSR count). The van der Waals surface area contributed by atoms with Crippen molar-refractivity contribution in [3.63, 3.8) is 0 Å². The van der Waals surface area contributed by atoms with Crippen LogP contribution in [0.1, 0.15) is 28.7 Å². The van der Waals surface area contributed by atoms with E-state index < -0.39 is 0 Å². The maximum Gasteiger partial charge on any atom is 0.0897 e. The number of rotatable bonds is 3. The van der Waals surface area contributed by atoms with Crippen LogP contribution in [0.2, 0.25) is 5.02 Å². The number of aromatic nitrogens is 1. The van der Waals surface area contributed by atoms with Gasteiger partial charge in [0.05, 0.1) is 10.7 Å². The highest BCUT2D eigenvalue weighted by atomic mass is 35.5. The maximum absolute atomic E-state index is 6.11. The second-order valence-electron chi connectivity index (χ2n) is 4.61. The Balaban J connectivity index is 1.74. The van der Waals surface area contributed by atoms with E-state index in [2.05, 4.69) is 27.8 Å². The van der Waals surface area contributed by atoms with Gasteiger partial charge >= 0.3 is 0 Å². The van der Waals surface area contributed by atoms with E-state index in [1.165, 1.54) is 10.5 Å². The number of thiazole rings is 1. The van der Waals surface area contributed by atoms with Crippen LogP contribution in [-0.4, -0.2) is 10.7 Å². The minimum Gasteiger partial charge on any atom is -0.304 e. The molecule has 0 radical (unpaired) electrons. The van der Waals surface area contributed by atoms with E-state index in [0.717, 1.165) is 34.4 Å². The van der Waals surface area contributed by atoms with Gasteiger partial charge in [0.15, 0.2) is 0 Å². The van der Waals surface area contributed by atoms with Crippen molar-refractivity contribution in [2.24, 2.45) is 0 Å². The van der Waals surface area contributed by atoms with Crippen LogP contribution in [0, 0.1) is 6.92 Å². The van der Waals surface area contributed by atoms with Crippen molar-refractivity contribution in [2.45, 2.75) is 30.8 Å². The van der Waals surface area contributed by atoms with Gasteiger partial charge < -0.3 is 5.32 Å².